The minimum atomic E-state index is -4.27. The van der Waals surface area contributed by atoms with Crippen molar-refractivity contribution >= 4 is 37.6 Å². The molecule has 0 heterocycles. The van der Waals surface area contributed by atoms with E-state index in [1.165, 1.54) is 12.1 Å². The SMILES string of the molecule is C#Cc1cccc(NS(=O)(=O)c2cc(C(=O)OC)c(Br)cc2F)c1. The van der Waals surface area contributed by atoms with Crippen molar-refractivity contribution in [3.05, 3.63) is 57.8 Å². The number of methoxy groups -OCH3 is 1. The van der Waals surface area contributed by atoms with E-state index in [9.17, 15) is 17.6 Å². The summed E-state index contributed by atoms with van der Waals surface area (Å²) >= 11 is 3.00. The maximum absolute atomic E-state index is 14.1. The van der Waals surface area contributed by atoms with Crippen LogP contribution < -0.4 is 4.72 Å². The number of terminal acetylenes is 1. The van der Waals surface area contributed by atoms with Gasteiger partial charge in [0.25, 0.3) is 10.0 Å². The largest absolute Gasteiger partial charge is 0.465 e. The van der Waals surface area contributed by atoms with Crippen molar-refractivity contribution in [2.45, 2.75) is 4.90 Å². The van der Waals surface area contributed by atoms with Gasteiger partial charge in [-0.25, -0.2) is 17.6 Å². The van der Waals surface area contributed by atoms with Gasteiger partial charge in [-0.15, -0.1) is 6.42 Å². The average Bonchev–Trinajstić information content (AvgIpc) is 2.53. The van der Waals surface area contributed by atoms with Gasteiger partial charge in [-0.05, 0) is 46.3 Å². The first-order valence-electron chi connectivity index (χ1n) is 6.45. The van der Waals surface area contributed by atoms with Gasteiger partial charge in [0.1, 0.15) is 10.7 Å². The van der Waals surface area contributed by atoms with Crippen molar-refractivity contribution in [1.29, 1.82) is 0 Å². The summed E-state index contributed by atoms with van der Waals surface area (Å²) in [5.74, 6) is 0.550. The van der Waals surface area contributed by atoms with Crippen molar-refractivity contribution in [3.63, 3.8) is 0 Å². The van der Waals surface area contributed by atoms with Crippen LogP contribution in [-0.2, 0) is 14.8 Å². The highest BCUT2D eigenvalue weighted by molar-refractivity contribution is 9.10. The van der Waals surface area contributed by atoms with Gasteiger partial charge >= 0.3 is 5.97 Å². The fourth-order valence-electron chi connectivity index (χ4n) is 1.88. The predicted octanol–water partition coefficient (Wildman–Crippen LogP) is 3.16. The Morgan fingerprint density at radius 1 is 1.33 bits per heavy atom. The summed E-state index contributed by atoms with van der Waals surface area (Å²) in [6.07, 6.45) is 5.26. The number of halogens is 2. The monoisotopic (exact) mass is 411 g/mol. The van der Waals surface area contributed by atoms with Crippen molar-refractivity contribution in [2.75, 3.05) is 11.8 Å². The summed E-state index contributed by atoms with van der Waals surface area (Å²) < 4.78 is 45.8. The molecular formula is C16H11BrFNO4S. The summed E-state index contributed by atoms with van der Waals surface area (Å²) in [6, 6.07) is 7.86. The Morgan fingerprint density at radius 3 is 2.67 bits per heavy atom. The minimum Gasteiger partial charge on any atom is -0.465 e. The maximum Gasteiger partial charge on any atom is 0.339 e. The molecule has 0 aliphatic carbocycles. The highest BCUT2D eigenvalue weighted by atomic mass is 79.9. The second-order valence-electron chi connectivity index (χ2n) is 4.58. The molecule has 0 saturated carbocycles. The fourth-order valence-corrected chi connectivity index (χ4v) is 3.50. The van der Waals surface area contributed by atoms with E-state index in [-0.39, 0.29) is 15.7 Å². The average molecular weight is 412 g/mol. The van der Waals surface area contributed by atoms with E-state index in [0.29, 0.717) is 5.56 Å². The van der Waals surface area contributed by atoms with Gasteiger partial charge < -0.3 is 4.74 Å². The van der Waals surface area contributed by atoms with E-state index >= 15 is 0 Å². The van der Waals surface area contributed by atoms with E-state index < -0.39 is 26.7 Å². The Kier molecular flexibility index (Phi) is 5.26. The number of carbonyl (C=O) groups excluding carboxylic acids is 1. The van der Waals surface area contributed by atoms with Gasteiger partial charge in [0.2, 0.25) is 0 Å². The molecule has 0 amide bonds. The Morgan fingerprint density at radius 2 is 2.04 bits per heavy atom. The van der Waals surface area contributed by atoms with Gasteiger partial charge in [-0.3, -0.25) is 4.72 Å². The number of nitrogens with one attached hydrogen (secondary N) is 1. The molecule has 5 nitrogen and oxygen atoms in total. The third kappa shape index (κ3) is 3.75. The van der Waals surface area contributed by atoms with E-state index in [4.69, 9.17) is 6.42 Å². The van der Waals surface area contributed by atoms with Crippen LogP contribution in [-0.4, -0.2) is 21.5 Å². The van der Waals surface area contributed by atoms with Gasteiger partial charge in [0, 0.05) is 10.0 Å². The van der Waals surface area contributed by atoms with E-state index in [2.05, 4.69) is 31.3 Å². The molecule has 2 aromatic carbocycles. The molecule has 0 bridgehead atoms. The van der Waals surface area contributed by atoms with Crippen LogP contribution in [0.15, 0.2) is 45.8 Å². The van der Waals surface area contributed by atoms with Crippen LogP contribution in [0, 0.1) is 18.2 Å². The normalized spacial score (nSPS) is 10.8. The molecule has 2 rings (SSSR count). The van der Waals surface area contributed by atoms with Crippen LogP contribution in [0.3, 0.4) is 0 Å². The standard InChI is InChI=1S/C16H11BrFNO4S/c1-3-10-5-4-6-11(7-10)19-24(21,22)15-8-12(16(20)23-2)13(17)9-14(15)18/h1,4-9,19H,2H3. The molecule has 24 heavy (non-hydrogen) atoms. The van der Waals surface area contributed by atoms with Crippen LogP contribution in [0.2, 0.25) is 0 Å². The quantitative estimate of drug-likeness (QED) is 0.619. The molecule has 0 fully saturated rings. The lowest BCUT2D eigenvalue weighted by Gasteiger charge is -2.11. The van der Waals surface area contributed by atoms with Crippen LogP contribution >= 0.6 is 15.9 Å². The number of benzene rings is 2. The number of hydrogen-bond acceptors (Lipinski definition) is 4. The first-order valence-corrected chi connectivity index (χ1v) is 8.73. The zero-order chi connectivity index (χ0) is 17.9. The topological polar surface area (TPSA) is 72.5 Å². The maximum atomic E-state index is 14.1. The van der Waals surface area contributed by atoms with E-state index in [0.717, 1.165) is 19.2 Å². The lowest BCUT2D eigenvalue weighted by molar-refractivity contribution is 0.0599. The highest BCUT2D eigenvalue weighted by Crippen LogP contribution is 2.26. The Bertz CT molecular complexity index is 951. The molecule has 0 radical (unpaired) electrons. The second kappa shape index (κ2) is 7.03. The summed E-state index contributed by atoms with van der Waals surface area (Å²) in [5, 5.41) is 0. The Labute approximate surface area is 147 Å². The minimum absolute atomic E-state index is 0.0835. The fraction of sp³-hybridized carbons (Fsp3) is 0.0625. The third-order valence-corrected chi connectivity index (χ3v) is 5.05. The van der Waals surface area contributed by atoms with Crippen LogP contribution in [0.5, 0.6) is 0 Å². The Hall–Kier alpha value is -2.37. The number of esters is 1. The molecule has 0 saturated heterocycles. The molecule has 1 N–H and O–H groups in total. The zero-order valence-electron chi connectivity index (χ0n) is 12.3. The summed E-state index contributed by atoms with van der Waals surface area (Å²) in [7, 11) is -3.14. The number of carbonyl (C=O) groups is 1. The van der Waals surface area contributed by atoms with Gasteiger partial charge in [0.05, 0.1) is 18.4 Å². The number of ether oxygens (including phenoxy) is 1. The van der Waals surface area contributed by atoms with Crippen molar-refractivity contribution in [1.82, 2.24) is 0 Å². The van der Waals surface area contributed by atoms with Crippen LogP contribution in [0.1, 0.15) is 15.9 Å². The summed E-state index contributed by atoms with van der Waals surface area (Å²) in [4.78, 5) is 11.0. The highest BCUT2D eigenvalue weighted by Gasteiger charge is 2.24. The van der Waals surface area contributed by atoms with Crippen molar-refractivity contribution in [2.24, 2.45) is 0 Å². The molecule has 8 heteroatoms. The molecule has 0 aliphatic rings. The van der Waals surface area contributed by atoms with Crippen molar-refractivity contribution in [3.8, 4) is 12.3 Å². The lowest BCUT2D eigenvalue weighted by atomic mass is 10.2. The molecule has 0 unspecified atom stereocenters. The smallest absolute Gasteiger partial charge is 0.339 e. The predicted molar refractivity (Wildman–Crippen MR) is 90.6 cm³/mol. The number of hydrogen-bond donors (Lipinski definition) is 1. The molecule has 124 valence electrons. The first kappa shape index (κ1) is 18.0. The lowest BCUT2D eigenvalue weighted by Crippen LogP contribution is -2.16. The first-order chi connectivity index (χ1) is 11.3. The summed E-state index contributed by atoms with van der Waals surface area (Å²) in [6.45, 7) is 0. The van der Waals surface area contributed by atoms with E-state index in [1.807, 2.05) is 0 Å². The number of sulfonamides is 1. The molecule has 0 aliphatic heterocycles. The molecule has 0 atom stereocenters. The molecule has 0 aromatic heterocycles. The van der Waals surface area contributed by atoms with Gasteiger partial charge in [0.15, 0.2) is 0 Å². The van der Waals surface area contributed by atoms with Gasteiger partial charge in [-0.2, -0.15) is 0 Å². The second-order valence-corrected chi connectivity index (χ2v) is 7.09. The van der Waals surface area contributed by atoms with Crippen LogP contribution in [0.4, 0.5) is 10.1 Å². The zero-order valence-corrected chi connectivity index (χ0v) is 14.7. The summed E-state index contributed by atoms with van der Waals surface area (Å²) in [5.41, 5.74) is 0.519. The number of rotatable bonds is 4. The number of anilines is 1. The van der Waals surface area contributed by atoms with Crippen LogP contribution in [0.25, 0.3) is 0 Å². The third-order valence-electron chi connectivity index (χ3n) is 3.00. The molecule has 2 aromatic rings. The molecule has 0 spiro atoms. The van der Waals surface area contributed by atoms with Gasteiger partial charge in [-0.1, -0.05) is 12.0 Å². The molecular weight excluding hydrogens is 401 g/mol. The van der Waals surface area contributed by atoms with Crippen molar-refractivity contribution < 1.29 is 22.3 Å². The Balaban J connectivity index is 2.49. The van der Waals surface area contributed by atoms with E-state index in [1.54, 1.807) is 12.1 Å².